The highest BCUT2D eigenvalue weighted by Gasteiger charge is 2.33. The largest absolute Gasteiger partial charge is 0.360 e. The number of nitro benzene ring substituents is 2. The van der Waals surface area contributed by atoms with E-state index < -0.39 is 42.2 Å². The zero-order chi connectivity index (χ0) is 20.1. The summed E-state index contributed by atoms with van der Waals surface area (Å²) >= 11 is 0. The van der Waals surface area contributed by atoms with Crippen LogP contribution >= 0.6 is 0 Å². The molecule has 1 aromatic rings. The lowest BCUT2D eigenvalue weighted by Crippen LogP contribution is -2.31. The van der Waals surface area contributed by atoms with Crippen LogP contribution in [0.25, 0.3) is 0 Å². The van der Waals surface area contributed by atoms with Crippen molar-refractivity contribution in [3.63, 3.8) is 0 Å². The second-order valence-corrected chi connectivity index (χ2v) is 7.80. The molecule has 0 bridgehead atoms. The Kier molecular flexibility index (Phi) is 7.45. The van der Waals surface area contributed by atoms with Crippen molar-refractivity contribution in [1.29, 1.82) is 0 Å². The molecule has 0 aliphatic rings. The molecule has 1 aromatic carbocycles. The van der Waals surface area contributed by atoms with Gasteiger partial charge >= 0.3 is 11.4 Å². The van der Waals surface area contributed by atoms with Crippen molar-refractivity contribution in [1.82, 2.24) is 4.72 Å². The van der Waals surface area contributed by atoms with Gasteiger partial charge in [0.15, 0.2) is 5.69 Å². The smallest absolute Gasteiger partial charge is 0.301 e. The van der Waals surface area contributed by atoms with Gasteiger partial charge in [0.05, 0.1) is 14.7 Å². The van der Waals surface area contributed by atoms with Crippen LogP contribution < -0.4 is 9.62 Å². The fourth-order valence-electron chi connectivity index (χ4n) is 2.59. The van der Waals surface area contributed by atoms with Crippen molar-refractivity contribution < 1.29 is 18.3 Å². The van der Waals surface area contributed by atoms with Crippen LogP contribution in [0.5, 0.6) is 0 Å². The number of sulfonamides is 1. The molecule has 0 fully saturated rings. The van der Waals surface area contributed by atoms with Crippen LogP contribution in [0.15, 0.2) is 17.0 Å². The number of rotatable bonds is 10. The van der Waals surface area contributed by atoms with E-state index in [4.69, 9.17) is 0 Å². The Morgan fingerprint density at radius 2 is 1.46 bits per heavy atom. The van der Waals surface area contributed by atoms with Gasteiger partial charge in [-0.1, -0.05) is 13.8 Å². The molecule has 1 N–H and O–H groups in total. The Bertz CT molecular complexity index is 737. The van der Waals surface area contributed by atoms with Crippen molar-refractivity contribution in [2.24, 2.45) is 0 Å². The lowest BCUT2D eigenvalue weighted by atomic mass is 10.2. The molecule has 0 saturated carbocycles. The lowest BCUT2D eigenvalue weighted by molar-refractivity contribution is -0.393. The molecule has 11 heteroatoms. The van der Waals surface area contributed by atoms with Crippen LogP contribution in [0.1, 0.15) is 40.5 Å². The third-order valence-corrected chi connectivity index (χ3v) is 5.08. The van der Waals surface area contributed by atoms with E-state index in [2.05, 4.69) is 4.72 Å². The van der Waals surface area contributed by atoms with Gasteiger partial charge < -0.3 is 4.90 Å². The van der Waals surface area contributed by atoms with E-state index >= 15 is 0 Å². The predicted molar refractivity (Wildman–Crippen MR) is 98.0 cm³/mol. The molecular formula is C15H24N4O6S. The standard InChI is InChI=1S/C15H24N4O6S/c1-5-7-17(8-6-2)15-13(18(20)21)9-12(10-14(15)19(22)23)26(24,25)16-11(3)4/h9-11,16H,5-8H2,1-4H3. The molecule has 0 unspecified atom stereocenters. The van der Waals surface area contributed by atoms with Crippen molar-refractivity contribution in [2.75, 3.05) is 18.0 Å². The summed E-state index contributed by atoms with van der Waals surface area (Å²) in [7, 11) is -4.12. The predicted octanol–water partition coefficient (Wildman–Crippen LogP) is 2.82. The number of hydrogen-bond donors (Lipinski definition) is 1. The maximum Gasteiger partial charge on any atom is 0.301 e. The molecular weight excluding hydrogens is 364 g/mol. The Morgan fingerprint density at radius 3 is 1.77 bits per heavy atom. The van der Waals surface area contributed by atoms with Crippen LogP contribution in [0.3, 0.4) is 0 Å². The Hall–Kier alpha value is -2.27. The fourth-order valence-corrected chi connectivity index (χ4v) is 3.88. The summed E-state index contributed by atoms with van der Waals surface area (Å²) in [5.41, 5.74) is -1.34. The molecule has 0 aromatic heterocycles. The van der Waals surface area contributed by atoms with Crippen molar-refractivity contribution in [3.05, 3.63) is 32.4 Å². The zero-order valence-corrected chi connectivity index (χ0v) is 16.1. The summed E-state index contributed by atoms with van der Waals surface area (Å²) < 4.78 is 27.0. The number of nitrogens with zero attached hydrogens (tertiary/aromatic N) is 3. The number of nitrogens with one attached hydrogen (secondary N) is 1. The van der Waals surface area contributed by atoms with Gasteiger partial charge in [0.25, 0.3) is 0 Å². The molecule has 0 radical (unpaired) electrons. The quantitative estimate of drug-likeness (QED) is 0.481. The van der Waals surface area contributed by atoms with Crippen LogP contribution in [-0.2, 0) is 10.0 Å². The summed E-state index contributed by atoms with van der Waals surface area (Å²) in [6.07, 6.45) is 1.26. The normalized spacial score (nSPS) is 11.6. The number of hydrogen-bond acceptors (Lipinski definition) is 7. The van der Waals surface area contributed by atoms with Crippen LogP contribution in [-0.4, -0.2) is 37.4 Å². The summed E-state index contributed by atoms with van der Waals surface area (Å²) in [6, 6.07) is 1.30. The highest BCUT2D eigenvalue weighted by molar-refractivity contribution is 7.89. The van der Waals surface area contributed by atoms with E-state index in [1.165, 1.54) is 0 Å². The van der Waals surface area contributed by atoms with Crippen molar-refractivity contribution in [2.45, 2.75) is 51.5 Å². The number of anilines is 1. The van der Waals surface area contributed by atoms with Gasteiger partial charge in [-0.2, -0.15) is 0 Å². The minimum absolute atomic E-state index is 0.160. The molecule has 0 heterocycles. The zero-order valence-electron chi connectivity index (χ0n) is 15.3. The fraction of sp³-hybridized carbons (Fsp3) is 0.600. The van der Waals surface area contributed by atoms with Crippen molar-refractivity contribution >= 4 is 27.1 Å². The van der Waals surface area contributed by atoms with E-state index in [-0.39, 0.29) is 5.69 Å². The topological polar surface area (TPSA) is 136 Å². The molecule has 0 atom stereocenters. The van der Waals surface area contributed by atoms with Crippen LogP contribution in [0, 0.1) is 20.2 Å². The Balaban J connectivity index is 3.75. The third kappa shape index (κ3) is 5.11. The minimum atomic E-state index is -4.12. The van der Waals surface area contributed by atoms with E-state index in [0.717, 1.165) is 12.1 Å². The van der Waals surface area contributed by atoms with E-state index in [1.807, 2.05) is 13.8 Å². The first-order valence-electron chi connectivity index (χ1n) is 8.29. The van der Waals surface area contributed by atoms with Crippen LogP contribution in [0.4, 0.5) is 17.1 Å². The molecule has 146 valence electrons. The molecule has 26 heavy (non-hydrogen) atoms. The minimum Gasteiger partial charge on any atom is -0.360 e. The summed E-state index contributed by atoms with van der Waals surface area (Å²) in [6.45, 7) is 7.63. The van der Waals surface area contributed by atoms with Crippen LogP contribution in [0.2, 0.25) is 0 Å². The van der Waals surface area contributed by atoms with E-state index in [9.17, 15) is 28.6 Å². The monoisotopic (exact) mass is 388 g/mol. The molecule has 10 nitrogen and oxygen atoms in total. The van der Waals surface area contributed by atoms with Gasteiger partial charge in [-0.3, -0.25) is 20.2 Å². The first-order chi connectivity index (χ1) is 12.0. The number of benzene rings is 1. The van der Waals surface area contributed by atoms with Gasteiger partial charge in [-0.05, 0) is 26.7 Å². The second kappa shape index (κ2) is 8.90. The SMILES string of the molecule is CCCN(CCC)c1c([N+](=O)[O-])cc(S(=O)(=O)NC(C)C)cc1[N+](=O)[O-]. The summed E-state index contributed by atoms with van der Waals surface area (Å²) in [5, 5.41) is 23.1. The van der Waals surface area contributed by atoms with Gasteiger partial charge in [0.1, 0.15) is 0 Å². The molecule has 0 aliphatic heterocycles. The number of nitro groups is 2. The lowest BCUT2D eigenvalue weighted by Gasteiger charge is -2.23. The molecule has 0 spiro atoms. The first-order valence-corrected chi connectivity index (χ1v) is 9.77. The second-order valence-electron chi connectivity index (χ2n) is 6.09. The van der Waals surface area contributed by atoms with Gasteiger partial charge in [-0.15, -0.1) is 0 Å². The molecule has 0 aliphatic carbocycles. The Morgan fingerprint density at radius 1 is 1.04 bits per heavy atom. The highest BCUT2D eigenvalue weighted by Crippen LogP contribution is 2.40. The van der Waals surface area contributed by atoms with E-state index in [1.54, 1.807) is 18.7 Å². The summed E-state index contributed by atoms with van der Waals surface area (Å²) in [4.78, 5) is 22.6. The maximum atomic E-state index is 12.4. The molecule has 0 saturated heterocycles. The molecule has 0 amide bonds. The van der Waals surface area contributed by atoms with Gasteiger partial charge in [0, 0.05) is 31.3 Å². The Labute approximate surface area is 152 Å². The van der Waals surface area contributed by atoms with Gasteiger partial charge in [0.2, 0.25) is 10.0 Å². The summed E-state index contributed by atoms with van der Waals surface area (Å²) in [5.74, 6) is 0. The van der Waals surface area contributed by atoms with Crippen molar-refractivity contribution in [3.8, 4) is 0 Å². The van der Waals surface area contributed by atoms with Gasteiger partial charge in [-0.25, -0.2) is 13.1 Å². The third-order valence-electron chi connectivity index (χ3n) is 3.44. The average molecular weight is 388 g/mol. The van der Waals surface area contributed by atoms with E-state index in [0.29, 0.717) is 25.9 Å². The highest BCUT2D eigenvalue weighted by atomic mass is 32.2. The molecule has 1 rings (SSSR count). The average Bonchev–Trinajstić information content (AvgIpc) is 2.52. The first kappa shape index (κ1) is 21.8. The maximum absolute atomic E-state index is 12.4.